The molecule has 1 aliphatic heterocycles. The van der Waals surface area contributed by atoms with Crippen molar-refractivity contribution in [1.82, 2.24) is 15.2 Å². The number of aryl methyl sites for hydroxylation is 1. The van der Waals surface area contributed by atoms with E-state index in [9.17, 15) is 14.4 Å². The fourth-order valence-electron chi connectivity index (χ4n) is 3.66. The molecule has 0 radical (unpaired) electrons. The standard InChI is InChI=1S/C18H25N3O3/c1-11(8-10-21-9-4-7-15(21)23)19-18(24)17-12(2)16-13(20-17)5-3-6-14(16)22/h11,20H,3-10H2,1-2H3,(H,19,24)/t11-/m0/s1. The third-order valence-electron chi connectivity index (χ3n) is 5.05. The van der Waals surface area contributed by atoms with Gasteiger partial charge in [-0.1, -0.05) is 0 Å². The number of nitrogens with zero attached hydrogens (tertiary/aromatic N) is 1. The van der Waals surface area contributed by atoms with E-state index in [2.05, 4.69) is 10.3 Å². The molecule has 0 aromatic carbocycles. The van der Waals surface area contributed by atoms with Crippen LogP contribution in [0.2, 0.25) is 0 Å². The van der Waals surface area contributed by atoms with Gasteiger partial charge < -0.3 is 15.2 Å². The molecular formula is C18H25N3O3. The Morgan fingerprint density at radius 2 is 2.04 bits per heavy atom. The van der Waals surface area contributed by atoms with Crippen molar-refractivity contribution in [3.8, 4) is 0 Å². The molecule has 6 nitrogen and oxygen atoms in total. The van der Waals surface area contributed by atoms with E-state index in [4.69, 9.17) is 0 Å². The minimum absolute atomic E-state index is 0.0265. The molecular weight excluding hydrogens is 306 g/mol. The van der Waals surface area contributed by atoms with Crippen LogP contribution < -0.4 is 5.32 Å². The number of carbonyl (C=O) groups excluding carboxylic acids is 3. The highest BCUT2D eigenvalue weighted by Crippen LogP contribution is 2.26. The number of ketones is 1. The van der Waals surface area contributed by atoms with E-state index in [0.29, 0.717) is 30.6 Å². The van der Waals surface area contributed by atoms with E-state index in [0.717, 1.165) is 43.5 Å². The highest BCUT2D eigenvalue weighted by molar-refractivity contribution is 6.04. The lowest BCUT2D eigenvalue weighted by Gasteiger charge is -2.19. The summed E-state index contributed by atoms with van der Waals surface area (Å²) in [7, 11) is 0. The molecule has 0 unspecified atom stereocenters. The summed E-state index contributed by atoms with van der Waals surface area (Å²) in [4.78, 5) is 41.2. The van der Waals surface area contributed by atoms with Crippen molar-refractivity contribution in [1.29, 1.82) is 0 Å². The summed E-state index contributed by atoms with van der Waals surface area (Å²) < 4.78 is 0. The maximum atomic E-state index is 12.5. The molecule has 2 N–H and O–H groups in total. The Morgan fingerprint density at radius 1 is 1.25 bits per heavy atom. The molecule has 6 heteroatoms. The van der Waals surface area contributed by atoms with Crippen molar-refractivity contribution >= 4 is 17.6 Å². The largest absolute Gasteiger partial charge is 0.354 e. The number of H-pyrrole nitrogens is 1. The zero-order valence-corrected chi connectivity index (χ0v) is 14.4. The maximum Gasteiger partial charge on any atom is 0.268 e. The second-order valence-electron chi connectivity index (χ2n) is 6.90. The lowest BCUT2D eigenvalue weighted by Crippen LogP contribution is -2.37. The first-order valence-corrected chi connectivity index (χ1v) is 8.80. The number of hydrogen-bond acceptors (Lipinski definition) is 3. The average molecular weight is 331 g/mol. The Kier molecular flexibility index (Phi) is 4.73. The first-order chi connectivity index (χ1) is 11.5. The molecule has 1 saturated heterocycles. The molecule has 3 rings (SSSR count). The lowest BCUT2D eigenvalue weighted by molar-refractivity contribution is -0.127. The van der Waals surface area contributed by atoms with Crippen LogP contribution in [0, 0.1) is 6.92 Å². The summed E-state index contributed by atoms with van der Waals surface area (Å²) in [5.41, 5.74) is 2.86. The molecule has 1 aromatic rings. The van der Waals surface area contributed by atoms with Gasteiger partial charge in [0, 0.05) is 43.2 Å². The van der Waals surface area contributed by atoms with E-state index < -0.39 is 0 Å². The Morgan fingerprint density at radius 3 is 2.71 bits per heavy atom. The normalized spacial score (nSPS) is 18.7. The van der Waals surface area contributed by atoms with Gasteiger partial charge in [-0.15, -0.1) is 0 Å². The predicted molar refractivity (Wildman–Crippen MR) is 90.2 cm³/mol. The van der Waals surface area contributed by atoms with Crippen molar-refractivity contribution < 1.29 is 14.4 Å². The number of Topliss-reactive ketones (excluding diaryl/α,β-unsaturated/α-hetero) is 1. The van der Waals surface area contributed by atoms with Crippen molar-refractivity contribution in [3.05, 3.63) is 22.5 Å². The van der Waals surface area contributed by atoms with Gasteiger partial charge >= 0.3 is 0 Å². The highest BCUT2D eigenvalue weighted by atomic mass is 16.2. The minimum Gasteiger partial charge on any atom is -0.354 e. The first-order valence-electron chi connectivity index (χ1n) is 8.80. The fourth-order valence-corrected chi connectivity index (χ4v) is 3.66. The van der Waals surface area contributed by atoms with Crippen LogP contribution in [-0.4, -0.2) is 46.6 Å². The van der Waals surface area contributed by atoms with Crippen LogP contribution in [0.1, 0.15) is 71.1 Å². The van der Waals surface area contributed by atoms with E-state index in [1.807, 2.05) is 18.7 Å². The summed E-state index contributed by atoms with van der Waals surface area (Å²) in [5.74, 6) is 0.166. The summed E-state index contributed by atoms with van der Waals surface area (Å²) in [6.45, 7) is 5.28. The summed E-state index contributed by atoms with van der Waals surface area (Å²) >= 11 is 0. The monoisotopic (exact) mass is 331 g/mol. The lowest BCUT2D eigenvalue weighted by atomic mass is 9.94. The number of aromatic nitrogens is 1. The van der Waals surface area contributed by atoms with Crippen molar-refractivity contribution in [2.75, 3.05) is 13.1 Å². The number of amides is 2. The second kappa shape index (κ2) is 6.79. The molecule has 0 bridgehead atoms. The van der Waals surface area contributed by atoms with Crippen LogP contribution in [0.4, 0.5) is 0 Å². The van der Waals surface area contributed by atoms with Crippen LogP contribution >= 0.6 is 0 Å². The number of carbonyl (C=O) groups is 3. The van der Waals surface area contributed by atoms with Crippen LogP contribution in [-0.2, 0) is 11.2 Å². The fraction of sp³-hybridized carbons (Fsp3) is 0.611. The topological polar surface area (TPSA) is 82.3 Å². The van der Waals surface area contributed by atoms with Crippen LogP contribution in [0.3, 0.4) is 0 Å². The van der Waals surface area contributed by atoms with Gasteiger partial charge in [0.2, 0.25) is 5.91 Å². The zero-order valence-electron chi connectivity index (χ0n) is 14.4. The molecule has 1 aromatic heterocycles. The maximum absolute atomic E-state index is 12.5. The summed E-state index contributed by atoms with van der Waals surface area (Å²) in [6, 6.07) is -0.0265. The van der Waals surface area contributed by atoms with Gasteiger partial charge in [-0.3, -0.25) is 14.4 Å². The van der Waals surface area contributed by atoms with E-state index >= 15 is 0 Å². The molecule has 1 aliphatic carbocycles. The third-order valence-corrected chi connectivity index (χ3v) is 5.05. The molecule has 24 heavy (non-hydrogen) atoms. The predicted octanol–water partition coefficient (Wildman–Crippen LogP) is 1.97. The molecule has 130 valence electrons. The quantitative estimate of drug-likeness (QED) is 0.865. The van der Waals surface area contributed by atoms with Gasteiger partial charge in [0.05, 0.1) is 0 Å². The van der Waals surface area contributed by atoms with Gasteiger partial charge in [0.25, 0.3) is 5.91 Å². The smallest absolute Gasteiger partial charge is 0.268 e. The van der Waals surface area contributed by atoms with Crippen molar-refractivity contribution in [3.63, 3.8) is 0 Å². The molecule has 1 fully saturated rings. The highest BCUT2D eigenvalue weighted by Gasteiger charge is 2.27. The Hall–Kier alpha value is -2.11. The molecule has 2 amide bonds. The first kappa shape index (κ1) is 16.7. The molecule has 0 spiro atoms. The van der Waals surface area contributed by atoms with Crippen LogP contribution in [0.25, 0.3) is 0 Å². The zero-order chi connectivity index (χ0) is 17.3. The summed E-state index contributed by atoms with van der Waals surface area (Å²) in [6.07, 6.45) is 4.53. The van der Waals surface area contributed by atoms with E-state index in [1.54, 1.807) is 0 Å². The van der Waals surface area contributed by atoms with Crippen LogP contribution in [0.5, 0.6) is 0 Å². The molecule has 1 atom stereocenters. The Bertz CT molecular complexity index is 677. The van der Waals surface area contributed by atoms with E-state index in [-0.39, 0.29) is 23.6 Å². The SMILES string of the molecule is Cc1c(C(=O)N[C@@H](C)CCN2CCCC2=O)[nH]c2c1C(=O)CCC2. The molecule has 0 saturated carbocycles. The van der Waals surface area contributed by atoms with Gasteiger partial charge in [-0.25, -0.2) is 0 Å². The van der Waals surface area contributed by atoms with Crippen molar-refractivity contribution in [2.45, 2.75) is 58.4 Å². The van der Waals surface area contributed by atoms with Gasteiger partial charge in [0.1, 0.15) is 5.69 Å². The van der Waals surface area contributed by atoms with E-state index in [1.165, 1.54) is 0 Å². The molecule has 2 heterocycles. The van der Waals surface area contributed by atoms with Gasteiger partial charge in [-0.05, 0) is 45.1 Å². The van der Waals surface area contributed by atoms with Gasteiger partial charge in [-0.2, -0.15) is 0 Å². The summed E-state index contributed by atoms with van der Waals surface area (Å²) in [5, 5.41) is 2.98. The molecule has 2 aliphatic rings. The minimum atomic E-state index is -0.171. The number of fused-ring (bicyclic) bond motifs is 1. The van der Waals surface area contributed by atoms with Gasteiger partial charge in [0.15, 0.2) is 5.78 Å². The average Bonchev–Trinajstić information content (AvgIpc) is 3.09. The second-order valence-corrected chi connectivity index (χ2v) is 6.90. The number of rotatable bonds is 5. The third kappa shape index (κ3) is 3.23. The number of likely N-dealkylation sites (tertiary alicyclic amines) is 1. The van der Waals surface area contributed by atoms with Crippen molar-refractivity contribution in [2.24, 2.45) is 0 Å². The number of aromatic amines is 1. The van der Waals surface area contributed by atoms with Crippen LogP contribution in [0.15, 0.2) is 0 Å². The Balaban J connectivity index is 1.60. The Labute approximate surface area is 142 Å². The number of hydrogen-bond donors (Lipinski definition) is 2. The number of nitrogens with one attached hydrogen (secondary N) is 2.